The Labute approximate surface area is 267 Å². The summed E-state index contributed by atoms with van der Waals surface area (Å²) in [5.74, 6) is 0. The Morgan fingerprint density at radius 3 is 1.74 bits per heavy atom. The molecule has 0 unspecified atom stereocenters. The van der Waals surface area contributed by atoms with Crippen molar-refractivity contribution < 1.29 is 22.2 Å². The van der Waals surface area contributed by atoms with E-state index in [1.54, 1.807) is 36.4 Å². The van der Waals surface area contributed by atoms with E-state index in [0.717, 1.165) is 10.8 Å². The molecule has 0 saturated carbocycles. The van der Waals surface area contributed by atoms with Crippen LogP contribution in [0.15, 0.2) is 162 Å². The third-order valence-electron chi connectivity index (χ3n) is 7.95. The Morgan fingerprint density at radius 1 is 0.419 bits per heavy atom. The van der Waals surface area contributed by atoms with Gasteiger partial charge in [-0.2, -0.15) is 0 Å². The van der Waals surface area contributed by atoms with Crippen LogP contribution in [0.5, 0.6) is 0 Å². The van der Waals surface area contributed by atoms with Gasteiger partial charge in [0, 0.05) is 10.8 Å². The molecule has 0 fully saturated rings. The average Bonchev–Trinajstić information content (AvgIpc) is 3.57. The first-order chi connectivity index (χ1) is 26.7. The molecule has 0 spiro atoms. The van der Waals surface area contributed by atoms with Gasteiger partial charge in [-0.1, -0.05) is 133 Å². The zero-order chi connectivity index (χ0) is 39.6. The molecule has 0 aliphatic heterocycles. The van der Waals surface area contributed by atoms with Crippen molar-refractivity contribution in [2.24, 2.45) is 0 Å². The summed E-state index contributed by atoms with van der Waals surface area (Å²) in [6.07, 6.45) is 0. The van der Waals surface area contributed by atoms with Crippen LogP contribution in [-0.4, -0.2) is 0 Å². The van der Waals surface area contributed by atoms with E-state index in [9.17, 15) is 5.48 Å². The molecule has 1 heterocycles. The average molecular weight is 560 g/mol. The van der Waals surface area contributed by atoms with Crippen molar-refractivity contribution in [3.8, 4) is 33.4 Å². The Kier molecular flexibility index (Phi) is 3.18. The van der Waals surface area contributed by atoms with Crippen molar-refractivity contribution in [2.45, 2.75) is 0 Å². The first-order valence-electron chi connectivity index (χ1n) is 20.2. The monoisotopic (exact) mass is 559 g/mol. The second kappa shape index (κ2) is 9.44. The summed E-state index contributed by atoms with van der Waals surface area (Å²) in [7, 11) is 0. The van der Waals surface area contributed by atoms with Gasteiger partial charge >= 0.3 is 0 Å². The predicted molar refractivity (Wildman–Crippen MR) is 183 cm³/mol. The molecule has 8 aromatic carbocycles. The van der Waals surface area contributed by atoms with Gasteiger partial charge in [-0.3, -0.25) is 0 Å². The smallest absolute Gasteiger partial charge is 0.136 e. The molecule has 0 N–H and O–H groups in total. The Morgan fingerprint density at radius 2 is 1.02 bits per heavy atom. The zero-order valence-electron chi connectivity index (χ0n) is 35.4. The van der Waals surface area contributed by atoms with Crippen molar-refractivity contribution in [1.29, 1.82) is 0 Å². The van der Waals surface area contributed by atoms with Gasteiger partial charge in [0.25, 0.3) is 0 Å². The minimum absolute atomic E-state index is 0.0133. The summed E-state index contributed by atoms with van der Waals surface area (Å²) in [5, 5.41) is 3.15. The van der Waals surface area contributed by atoms with Crippen LogP contribution < -0.4 is 0 Å². The summed E-state index contributed by atoms with van der Waals surface area (Å²) in [6.45, 7) is 0. The van der Waals surface area contributed by atoms with Gasteiger partial charge in [-0.15, -0.1) is 0 Å². The number of benzene rings is 8. The van der Waals surface area contributed by atoms with Crippen LogP contribution in [0.4, 0.5) is 0 Å². The molecule has 0 aliphatic rings. The fourth-order valence-corrected chi connectivity index (χ4v) is 6.13. The van der Waals surface area contributed by atoms with Gasteiger partial charge in [0.15, 0.2) is 0 Å². The minimum Gasteiger partial charge on any atom is -0.456 e. The van der Waals surface area contributed by atoms with Gasteiger partial charge in [-0.25, -0.2) is 0 Å². The van der Waals surface area contributed by atoms with Gasteiger partial charge in [0.1, 0.15) is 11.2 Å². The number of hydrogen-bond donors (Lipinski definition) is 0. The molecule has 9 aromatic rings. The maximum atomic E-state index is 9.40. The Balaban J connectivity index is 1.52. The first kappa shape index (κ1) is 14.5. The molecule has 200 valence electrons. The SMILES string of the molecule is [2H]c1c([2H])c([2H])c(-c2cccc(-c3c4c([2H])c([2H])c([2H])c([2H])c4c(-c4cccc5oc6cc7ccccc7cc6c45)c4c([2H])c([2H])c([2H])c([2H])c34)c2)c([2H])c1[2H]. The van der Waals surface area contributed by atoms with Crippen molar-refractivity contribution in [1.82, 2.24) is 0 Å². The van der Waals surface area contributed by atoms with Gasteiger partial charge in [-0.05, 0) is 90.0 Å². The summed E-state index contributed by atoms with van der Waals surface area (Å²) in [4.78, 5) is 0. The normalized spacial score (nSPS) is 16.0. The third kappa shape index (κ3) is 3.72. The molecule has 1 aromatic heterocycles. The van der Waals surface area contributed by atoms with Crippen LogP contribution in [0.1, 0.15) is 17.8 Å². The van der Waals surface area contributed by atoms with Crippen LogP contribution in [0.2, 0.25) is 0 Å². The summed E-state index contributed by atoms with van der Waals surface area (Å²) in [6, 6.07) is 16.6. The maximum absolute atomic E-state index is 9.40. The molecule has 0 atom stereocenters. The summed E-state index contributed by atoms with van der Waals surface area (Å²) >= 11 is 0. The highest BCUT2D eigenvalue weighted by molar-refractivity contribution is 6.26. The van der Waals surface area contributed by atoms with E-state index in [1.807, 2.05) is 36.4 Å². The highest BCUT2D eigenvalue weighted by Crippen LogP contribution is 2.47. The predicted octanol–water partition coefficient (Wildman–Crippen LogP) is 12.0. The lowest BCUT2D eigenvalue weighted by molar-refractivity contribution is 0.669. The van der Waals surface area contributed by atoms with E-state index in [1.165, 1.54) is 6.07 Å². The molecule has 1 heteroatoms. The summed E-state index contributed by atoms with van der Waals surface area (Å²) < 4.78 is 121. The molecule has 0 bridgehead atoms. The van der Waals surface area contributed by atoms with Gasteiger partial charge in [0.2, 0.25) is 0 Å². The lowest BCUT2D eigenvalue weighted by atomic mass is 9.84. The number of rotatable bonds is 3. The van der Waals surface area contributed by atoms with Crippen LogP contribution in [-0.2, 0) is 0 Å². The molecule has 43 heavy (non-hydrogen) atoms. The second-order valence-corrected chi connectivity index (χ2v) is 10.3. The van der Waals surface area contributed by atoms with E-state index in [2.05, 4.69) is 0 Å². The van der Waals surface area contributed by atoms with Crippen LogP contribution >= 0.6 is 0 Å². The Bertz CT molecular complexity index is 3130. The minimum atomic E-state index is -0.562. The fourth-order valence-electron chi connectivity index (χ4n) is 6.13. The van der Waals surface area contributed by atoms with Crippen molar-refractivity contribution in [3.05, 3.63) is 157 Å². The number of fused-ring (bicyclic) bond motifs is 6. The number of hydrogen-bond acceptors (Lipinski definition) is 1. The third-order valence-corrected chi connectivity index (χ3v) is 7.95. The second-order valence-electron chi connectivity index (χ2n) is 10.3. The lowest BCUT2D eigenvalue weighted by Crippen LogP contribution is -1.91. The molecule has 0 radical (unpaired) electrons. The lowest BCUT2D eigenvalue weighted by Gasteiger charge is -2.18. The van der Waals surface area contributed by atoms with Crippen molar-refractivity contribution >= 4 is 54.3 Å². The van der Waals surface area contributed by atoms with E-state index < -0.39 is 78.6 Å². The Hall–Kier alpha value is -5.66. The molecule has 1 nitrogen and oxygen atoms in total. The van der Waals surface area contributed by atoms with E-state index >= 15 is 0 Å². The quantitative estimate of drug-likeness (QED) is 0.196. The van der Waals surface area contributed by atoms with E-state index in [-0.39, 0.29) is 49.4 Å². The van der Waals surface area contributed by atoms with Crippen molar-refractivity contribution in [3.63, 3.8) is 0 Å². The van der Waals surface area contributed by atoms with E-state index in [4.69, 9.17) is 16.8 Å². The maximum Gasteiger partial charge on any atom is 0.136 e. The molecular weight excluding hydrogens is 520 g/mol. The van der Waals surface area contributed by atoms with E-state index in [0.29, 0.717) is 27.5 Å². The highest BCUT2D eigenvalue weighted by Gasteiger charge is 2.20. The van der Waals surface area contributed by atoms with Crippen molar-refractivity contribution in [2.75, 3.05) is 0 Å². The molecule has 0 amide bonds. The zero-order valence-corrected chi connectivity index (χ0v) is 22.4. The van der Waals surface area contributed by atoms with Crippen LogP contribution in [0.3, 0.4) is 0 Å². The first-order valence-corrected chi connectivity index (χ1v) is 13.7. The topological polar surface area (TPSA) is 13.1 Å². The van der Waals surface area contributed by atoms with Crippen LogP contribution in [0, 0.1) is 0 Å². The fraction of sp³-hybridized carbons (Fsp3) is 0. The van der Waals surface area contributed by atoms with Gasteiger partial charge in [0.05, 0.1) is 17.8 Å². The molecule has 9 rings (SSSR count). The molecular formula is C42H26O. The summed E-state index contributed by atoms with van der Waals surface area (Å²) in [5.41, 5.74) is 2.04. The number of furan rings is 1. The highest BCUT2D eigenvalue weighted by atomic mass is 16.3. The van der Waals surface area contributed by atoms with Crippen LogP contribution in [0.25, 0.3) is 87.6 Å². The largest absolute Gasteiger partial charge is 0.456 e. The standard InChI is InChI=1S/C42H26O/c1-2-12-27(13-3-1)28-16-10-17-31(24-28)40-32-18-6-8-20-34(32)41(35-21-9-7-19-33(35)40)36-22-11-23-38-42(36)37-25-29-14-4-5-15-30(29)26-39(37)43-38/h1-26H/i1D,2D,3D,6D,7D,8D,9D,12D,13D,18D,19D,20D,21D. The molecule has 0 aliphatic carbocycles. The molecule has 0 saturated heterocycles. The van der Waals surface area contributed by atoms with Gasteiger partial charge < -0.3 is 4.42 Å².